The van der Waals surface area contributed by atoms with Gasteiger partial charge in [0.1, 0.15) is 0 Å². The van der Waals surface area contributed by atoms with Crippen molar-refractivity contribution in [2.24, 2.45) is 0 Å². The van der Waals surface area contributed by atoms with E-state index >= 15 is 0 Å². The number of halogens is 2. The van der Waals surface area contributed by atoms with Gasteiger partial charge in [0.2, 0.25) is 0 Å². The molecule has 4 nitrogen and oxygen atoms in total. The summed E-state index contributed by atoms with van der Waals surface area (Å²) in [7, 11) is 0. The van der Waals surface area contributed by atoms with Crippen LogP contribution in [-0.4, -0.2) is 18.4 Å². The van der Waals surface area contributed by atoms with Crippen molar-refractivity contribution in [3.63, 3.8) is 0 Å². The molecule has 3 rings (SSSR count). The number of rotatable bonds is 1. The van der Waals surface area contributed by atoms with E-state index in [0.29, 0.717) is 17.3 Å². The first-order chi connectivity index (χ1) is 10.6. The molecule has 6 heteroatoms. The van der Waals surface area contributed by atoms with Crippen molar-refractivity contribution in [2.45, 2.75) is 6.42 Å². The van der Waals surface area contributed by atoms with E-state index in [1.807, 2.05) is 24.3 Å². The lowest BCUT2D eigenvalue weighted by Crippen LogP contribution is -2.38. The molecule has 1 heterocycles. The van der Waals surface area contributed by atoms with E-state index in [1.165, 1.54) is 11.0 Å². The SMILES string of the molecule is O=C(Nc1ccc(Cl)cc1Cl)C(=O)N1CCc2ccccc21. The smallest absolute Gasteiger partial charge is 0.316 e. The molecule has 0 atom stereocenters. The molecule has 1 aliphatic rings. The first-order valence-electron chi connectivity index (χ1n) is 6.72. The third-order valence-electron chi connectivity index (χ3n) is 3.51. The van der Waals surface area contributed by atoms with Gasteiger partial charge < -0.3 is 10.2 Å². The Morgan fingerprint density at radius 2 is 1.86 bits per heavy atom. The molecule has 1 N–H and O–H groups in total. The minimum absolute atomic E-state index is 0.287. The summed E-state index contributed by atoms with van der Waals surface area (Å²) in [4.78, 5) is 26.0. The first kappa shape index (κ1) is 14.9. The number of amides is 2. The highest BCUT2D eigenvalue weighted by Crippen LogP contribution is 2.28. The van der Waals surface area contributed by atoms with Crippen LogP contribution in [0.3, 0.4) is 0 Å². The Balaban J connectivity index is 1.77. The zero-order valence-electron chi connectivity index (χ0n) is 11.5. The molecule has 0 saturated carbocycles. The molecule has 2 amide bonds. The molecular weight excluding hydrogens is 323 g/mol. The van der Waals surface area contributed by atoms with Gasteiger partial charge in [0.05, 0.1) is 10.7 Å². The number of nitrogens with zero attached hydrogens (tertiary/aromatic N) is 1. The minimum Gasteiger partial charge on any atom is -0.316 e. The summed E-state index contributed by atoms with van der Waals surface area (Å²) in [5.41, 5.74) is 2.20. The molecular formula is C16H12Cl2N2O2. The number of benzene rings is 2. The average molecular weight is 335 g/mol. The lowest BCUT2D eigenvalue weighted by molar-refractivity contribution is -0.134. The fourth-order valence-corrected chi connectivity index (χ4v) is 2.89. The quantitative estimate of drug-likeness (QED) is 0.811. The highest BCUT2D eigenvalue weighted by Gasteiger charge is 2.29. The van der Waals surface area contributed by atoms with Gasteiger partial charge in [-0.15, -0.1) is 0 Å². The van der Waals surface area contributed by atoms with Gasteiger partial charge in [-0.05, 0) is 36.2 Å². The van der Waals surface area contributed by atoms with E-state index < -0.39 is 11.8 Å². The maximum absolute atomic E-state index is 12.3. The number of fused-ring (bicyclic) bond motifs is 1. The number of carbonyl (C=O) groups excluding carboxylic acids is 2. The number of anilines is 2. The molecule has 0 radical (unpaired) electrons. The third kappa shape index (κ3) is 2.80. The molecule has 0 fully saturated rings. The third-order valence-corrected chi connectivity index (χ3v) is 4.05. The van der Waals surface area contributed by atoms with Crippen molar-refractivity contribution in [1.29, 1.82) is 0 Å². The molecule has 22 heavy (non-hydrogen) atoms. The van der Waals surface area contributed by atoms with Gasteiger partial charge in [-0.3, -0.25) is 9.59 Å². The number of carbonyl (C=O) groups is 2. The van der Waals surface area contributed by atoms with Crippen LogP contribution in [0.4, 0.5) is 11.4 Å². The molecule has 1 aliphatic heterocycles. The van der Waals surface area contributed by atoms with E-state index in [4.69, 9.17) is 23.2 Å². The van der Waals surface area contributed by atoms with Crippen molar-refractivity contribution in [1.82, 2.24) is 0 Å². The molecule has 0 saturated heterocycles. The Kier molecular flexibility index (Phi) is 4.05. The summed E-state index contributed by atoms with van der Waals surface area (Å²) in [6.07, 6.45) is 0.747. The Morgan fingerprint density at radius 3 is 2.64 bits per heavy atom. The van der Waals surface area contributed by atoms with E-state index in [1.54, 1.807) is 12.1 Å². The van der Waals surface area contributed by atoms with Crippen molar-refractivity contribution in [2.75, 3.05) is 16.8 Å². The molecule has 0 bridgehead atoms. The fraction of sp³-hybridized carbons (Fsp3) is 0.125. The lowest BCUT2D eigenvalue weighted by atomic mass is 10.2. The molecule has 2 aromatic carbocycles. The van der Waals surface area contributed by atoms with E-state index in [9.17, 15) is 9.59 Å². The number of nitrogens with one attached hydrogen (secondary N) is 1. The van der Waals surface area contributed by atoms with Crippen LogP contribution in [0, 0.1) is 0 Å². The highest BCUT2D eigenvalue weighted by atomic mass is 35.5. The van der Waals surface area contributed by atoms with E-state index in [-0.39, 0.29) is 5.02 Å². The average Bonchev–Trinajstić information content (AvgIpc) is 2.93. The van der Waals surface area contributed by atoms with E-state index in [0.717, 1.165) is 17.7 Å². The monoisotopic (exact) mass is 334 g/mol. The largest absolute Gasteiger partial charge is 0.316 e. The Hall–Kier alpha value is -2.04. The second kappa shape index (κ2) is 5.99. The molecule has 0 aromatic heterocycles. The Bertz CT molecular complexity index is 762. The topological polar surface area (TPSA) is 49.4 Å². The first-order valence-corrected chi connectivity index (χ1v) is 7.47. The number of para-hydroxylation sites is 1. The van der Waals surface area contributed by atoms with Crippen LogP contribution in [0.25, 0.3) is 0 Å². The van der Waals surface area contributed by atoms with Crippen molar-refractivity contribution in [3.8, 4) is 0 Å². The second-order valence-corrected chi connectivity index (χ2v) is 5.76. The Morgan fingerprint density at radius 1 is 1.09 bits per heavy atom. The number of hydrogen-bond donors (Lipinski definition) is 1. The van der Waals surface area contributed by atoms with Gasteiger partial charge in [0, 0.05) is 17.3 Å². The summed E-state index contributed by atoms with van der Waals surface area (Å²) < 4.78 is 0. The second-order valence-electron chi connectivity index (χ2n) is 4.91. The lowest BCUT2D eigenvalue weighted by Gasteiger charge is -2.17. The van der Waals surface area contributed by atoms with Gasteiger partial charge >= 0.3 is 11.8 Å². The minimum atomic E-state index is -0.721. The van der Waals surface area contributed by atoms with E-state index in [2.05, 4.69) is 5.32 Å². The predicted molar refractivity (Wildman–Crippen MR) is 87.6 cm³/mol. The van der Waals surface area contributed by atoms with Crippen LogP contribution in [0.5, 0.6) is 0 Å². The molecule has 112 valence electrons. The normalized spacial score (nSPS) is 12.9. The van der Waals surface area contributed by atoms with Crippen LogP contribution >= 0.6 is 23.2 Å². The predicted octanol–water partition coefficient (Wildman–Crippen LogP) is 3.52. The van der Waals surface area contributed by atoms with Gasteiger partial charge in [-0.1, -0.05) is 41.4 Å². The molecule has 0 unspecified atom stereocenters. The summed E-state index contributed by atoms with van der Waals surface area (Å²) in [6, 6.07) is 12.2. The van der Waals surface area contributed by atoms with Gasteiger partial charge in [0.15, 0.2) is 0 Å². The maximum atomic E-state index is 12.3. The number of hydrogen-bond acceptors (Lipinski definition) is 2. The fourth-order valence-electron chi connectivity index (χ4n) is 2.44. The van der Waals surface area contributed by atoms with Crippen LogP contribution in [0.15, 0.2) is 42.5 Å². The molecule has 0 aliphatic carbocycles. The summed E-state index contributed by atoms with van der Waals surface area (Å²) in [5, 5.41) is 3.27. The van der Waals surface area contributed by atoms with Crippen LogP contribution in [0.2, 0.25) is 10.0 Å². The Labute approximate surface area is 137 Å². The van der Waals surface area contributed by atoms with Crippen LogP contribution < -0.4 is 10.2 Å². The van der Waals surface area contributed by atoms with Crippen molar-refractivity contribution in [3.05, 3.63) is 58.1 Å². The van der Waals surface area contributed by atoms with Crippen molar-refractivity contribution < 1.29 is 9.59 Å². The molecule has 0 spiro atoms. The van der Waals surface area contributed by atoms with Gasteiger partial charge in [-0.25, -0.2) is 0 Å². The summed E-state index contributed by atoms with van der Waals surface area (Å²) in [6.45, 7) is 0.500. The van der Waals surface area contributed by atoms with Gasteiger partial charge in [0.25, 0.3) is 0 Å². The van der Waals surface area contributed by atoms with Crippen LogP contribution in [-0.2, 0) is 16.0 Å². The highest BCUT2D eigenvalue weighted by molar-refractivity contribution is 6.45. The van der Waals surface area contributed by atoms with Crippen molar-refractivity contribution >= 4 is 46.4 Å². The maximum Gasteiger partial charge on any atom is 0.316 e. The zero-order chi connectivity index (χ0) is 15.7. The zero-order valence-corrected chi connectivity index (χ0v) is 13.0. The summed E-state index contributed by atoms with van der Waals surface area (Å²) in [5.74, 6) is -1.32. The standard InChI is InChI=1S/C16H12Cl2N2O2/c17-11-5-6-13(12(18)9-11)19-15(21)16(22)20-8-7-10-3-1-2-4-14(10)20/h1-6,9H,7-8H2,(H,19,21). The van der Waals surface area contributed by atoms with Gasteiger partial charge in [-0.2, -0.15) is 0 Å². The molecule has 2 aromatic rings. The van der Waals surface area contributed by atoms with Crippen LogP contribution in [0.1, 0.15) is 5.56 Å². The summed E-state index contributed by atoms with van der Waals surface area (Å²) >= 11 is 11.8.